The van der Waals surface area contributed by atoms with Gasteiger partial charge in [-0.05, 0) is 30.5 Å². The molecule has 0 aromatic heterocycles. The van der Waals surface area contributed by atoms with Crippen LogP contribution in [-0.4, -0.2) is 21.7 Å². The molecule has 0 aliphatic rings. The summed E-state index contributed by atoms with van der Waals surface area (Å²) in [7, 11) is -0.942. The third-order valence-corrected chi connectivity index (χ3v) is 3.52. The molecule has 0 saturated carbocycles. The first-order chi connectivity index (χ1) is 6.65. The van der Waals surface area contributed by atoms with Crippen molar-refractivity contribution in [3.63, 3.8) is 0 Å². The summed E-state index contributed by atoms with van der Waals surface area (Å²) in [5.74, 6) is 0.923. The Labute approximate surface area is 87.4 Å². The van der Waals surface area contributed by atoms with Crippen molar-refractivity contribution in [1.29, 1.82) is 0 Å². The van der Waals surface area contributed by atoms with E-state index in [1.54, 1.807) is 0 Å². The molecule has 2 nitrogen and oxygen atoms in total. The minimum atomic E-state index is -0.942. The van der Waals surface area contributed by atoms with E-state index in [0.29, 0.717) is 11.5 Å². The predicted molar refractivity (Wildman–Crippen MR) is 59.7 cm³/mol. The van der Waals surface area contributed by atoms with Crippen molar-refractivity contribution in [1.82, 2.24) is 0 Å². The first-order valence-corrected chi connectivity index (χ1v) is 6.15. The number of aliphatic hydroxyl groups is 1. The first-order valence-electron chi connectivity index (χ1n) is 4.66. The highest BCUT2D eigenvalue weighted by Crippen LogP contribution is 2.15. The average Bonchev–Trinajstić information content (AvgIpc) is 2.12. The number of benzene rings is 1. The van der Waals surface area contributed by atoms with Crippen LogP contribution in [-0.2, 0) is 16.6 Å². The normalized spacial score (nSPS) is 12.8. The van der Waals surface area contributed by atoms with Crippen LogP contribution in [0.15, 0.2) is 18.2 Å². The van der Waals surface area contributed by atoms with Crippen LogP contribution in [0.5, 0.6) is 0 Å². The predicted octanol–water partition coefficient (Wildman–Crippen LogP) is 1.54. The zero-order valence-corrected chi connectivity index (χ0v) is 9.43. The summed E-state index contributed by atoms with van der Waals surface area (Å²) >= 11 is 0. The Morgan fingerprint density at radius 1 is 1.29 bits per heavy atom. The van der Waals surface area contributed by atoms with E-state index in [1.165, 1.54) is 11.1 Å². The number of hydrogen-bond acceptors (Lipinski definition) is 2. The molecule has 0 heterocycles. The second-order valence-corrected chi connectivity index (χ2v) is 4.96. The fraction of sp³-hybridized carbons (Fsp3) is 0.455. The lowest BCUT2D eigenvalue weighted by Crippen LogP contribution is -2.06. The molecule has 1 unspecified atom stereocenters. The second kappa shape index (κ2) is 5.27. The summed E-state index contributed by atoms with van der Waals surface area (Å²) in [4.78, 5) is 0. The molecule has 0 fully saturated rings. The molecule has 0 radical (unpaired) electrons. The topological polar surface area (TPSA) is 37.3 Å². The summed E-state index contributed by atoms with van der Waals surface area (Å²) in [6.07, 6.45) is 0. The molecule has 0 amide bonds. The van der Waals surface area contributed by atoms with Crippen molar-refractivity contribution in [3.05, 3.63) is 34.9 Å². The van der Waals surface area contributed by atoms with Gasteiger partial charge in [-0.25, -0.2) is 0 Å². The van der Waals surface area contributed by atoms with E-state index in [1.807, 2.05) is 32.0 Å². The van der Waals surface area contributed by atoms with Gasteiger partial charge >= 0.3 is 0 Å². The van der Waals surface area contributed by atoms with Crippen LogP contribution in [0.1, 0.15) is 16.7 Å². The van der Waals surface area contributed by atoms with Gasteiger partial charge in [-0.15, -0.1) is 0 Å². The smallest absolute Gasteiger partial charge is 0.0546 e. The molecule has 1 rings (SSSR count). The van der Waals surface area contributed by atoms with Gasteiger partial charge in [-0.2, -0.15) is 0 Å². The molecular weight excluding hydrogens is 196 g/mol. The van der Waals surface area contributed by atoms with Crippen molar-refractivity contribution < 1.29 is 9.32 Å². The summed E-state index contributed by atoms with van der Waals surface area (Å²) in [6.45, 7) is 4.05. The fourth-order valence-electron chi connectivity index (χ4n) is 1.41. The van der Waals surface area contributed by atoms with Gasteiger partial charge in [0.2, 0.25) is 0 Å². The Balaban J connectivity index is 2.80. The number of aryl methyl sites for hydroxylation is 2. The summed E-state index contributed by atoms with van der Waals surface area (Å²) < 4.78 is 11.5. The van der Waals surface area contributed by atoms with Crippen molar-refractivity contribution >= 4 is 10.8 Å². The monoisotopic (exact) mass is 212 g/mol. The van der Waals surface area contributed by atoms with Gasteiger partial charge in [-0.3, -0.25) is 4.21 Å². The summed E-state index contributed by atoms with van der Waals surface area (Å²) in [5.41, 5.74) is 3.51. The standard InChI is InChI=1S/C11H16O2S/c1-9-4-3-5-10(2)11(9)8-14(13)7-6-12/h3-5,12H,6-8H2,1-2H3. The lowest BCUT2D eigenvalue weighted by Gasteiger charge is -2.08. The van der Waals surface area contributed by atoms with Crippen molar-refractivity contribution in [2.24, 2.45) is 0 Å². The van der Waals surface area contributed by atoms with Crippen LogP contribution in [0.3, 0.4) is 0 Å². The molecule has 0 saturated heterocycles. The van der Waals surface area contributed by atoms with Gasteiger partial charge in [0.25, 0.3) is 0 Å². The Morgan fingerprint density at radius 2 is 1.86 bits per heavy atom. The Bertz CT molecular complexity index is 314. The lowest BCUT2D eigenvalue weighted by atomic mass is 10.1. The third-order valence-electron chi connectivity index (χ3n) is 2.27. The van der Waals surface area contributed by atoms with Gasteiger partial charge in [0.1, 0.15) is 0 Å². The van der Waals surface area contributed by atoms with E-state index in [0.717, 1.165) is 5.56 Å². The second-order valence-electron chi connectivity index (χ2n) is 3.38. The van der Waals surface area contributed by atoms with Crippen molar-refractivity contribution in [2.75, 3.05) is 12.4 Å². The van der Waals surface area contributed by atoms with E-state index < -0.39 is 10.8 Å². The van der Waals surface area contributed by atoms with Crippen LogP contribution >= 0.6 is 0 Å². The number of hydrogen-bond donors (Lipinski definition) is 1. The molecule has 78 valence electrons. The molecular formula is C11H16O2S. The first kappa shape index (κ1) is 11.4. The fourth-order valence-corrected chi connectivity index (χ4v) is 2.54. The third kappa shape index (κ3) is 2.93. The van der Waals surface area contributed by atoms with Crippen molar-refractivity contribution in [3.8, 4) is 0 Å². The SMILES string of the molecule is Cc1cccc(C)c1CS(=O)CCO. The maximum atomic E-state index is 11.5. The lowest BCUT2D eigenvalue weighted by molar-refractivity contribution is 0.321. The van der Waals surface area contributed by atoms with Crippen LogP contribution in [0, 0.1) is 13.8 Å². The highest BCUT2D eigenvalue weighted by molar-refractivity contribution is 7.84. The highest BCUT2D eigenvalue weighted by atomic mass is 32.2. The van der Waals surface area contributed by atoms with E-state index in [-0.39, 0.29) is 6.61 Å². The maximum Gasteiger partial charge on any atom is 0.0546 e. The molecule has 0 aliphatic heterocycles. The van der Waals surface area contributed by atoms with Crippen molar-refractivity contribution in [2.45, 2.75) is 19.6 Å². The quantitative estimate of drug-likeness (QED) is 0.822. The minimum absolute atomic E-state index is 0.00244. The van der Waals surface area contributed by atoms with E-state index in [9.17, 15) is 4.21 Å². The summed E-state index contributed by atoms with van der Waals surface area (Å²) in [5, 5.41) is 8.66. The van der Waals surface area contributed by atoms with E-state index in [4.69, 9.17) is 5.11 Å². The molecule has 0 spiro atoms. The zero-order chi connectivity index (χ0) is 10.6. The molecule has 14 heavy (non-hydrogen) atoms. The Kier molecular flexibility index (Phi) is 4.29. The molecule has 0 aliphatic carbocycles. The molecule has 1 aromatic carbocycles. The Hall–Kier alpha value is -0.670. The molecule has 1 aromatic rings. The molecule has 3 heteroatoms. The van der Waals surface area contributed by atoms with Gasteiger partial charge in [0, 0.05) is 22.3 Å². The zero-order valence-electron chi connectivity index (χ0n) is 8.62. The largest absolute Gasteiger partial charge is 0.395 e. The van der Waals surface area contributed by atoms with Gasteiger partial charge in [0.05, 0.1) is 6.61 Å². The molecule has 1 N–H and O–H groups in total. The molecule has 0 bridgehead atoms. The van der Waals surface area contributed by atoms with Crippen LogP contribution < -0.4 is 0 Å². The van der Waals surface area contributed by atoms with Crippen LogP contribution in [0.2, 0.25) is 0 Å². The van der Waals surface area contributed by atoms with E-state index in [2.05, 4.69) is 0 Å². The maximum absolute atomic E-state index is 11.5. The molecule has 1 atom stereocenters. The number of aliphatic hydroxyl groups excluding tert-OH is 1. The van der Waals surface area contributed by atoms with Crippen LogP contribution in [0.25, 0.3) is 0 Å². The van der Waals surface area contributed by atoms with Gasteiger partial charge in [0.15, 0.2) is 0 Å². The Morgan fingerprint density at radius 3 is 2.36 bits per heavy atom. The van der Waals surface area contributed by atoms with Gasteiger partial charge < -0.3 is 5.11 Å². The number of rotatable bonds is 4. The summed E-state index contributed by atoms with van der Waals surface area (Å²) in [6, 6.07) is 6.06. The van der Waals surface area contributed by atoms with Gasteiger partial charge in [-0.1, -0.05) is 18.2 Å². The van der Waals surface area contributed by atoms with E-state index >= 15 is 0 Å². The highest BCUT2D eigenvalue weighted by Gasteiger charge is 2.06. The van der Waals surface area contributed by atoms with Crippen LogP contribution in [0.4, 0.5) is 0 Å². The minimum Gasteiger partial charge on any atom is -0.395 e. The average molecular weight is 212 g/mol.